The molecule has 0 aliphatic carbocycles. The number of carbonyl (C=O) groups is 1. The number of rotatable bonds is 5. The van der Waals surface area contributed by atoms with Gasteiger partial charge in [0.25, 0.3) is 0 Å². The highest BCUT2D eigenvalue weighted by atomic mass is 28.3. The van der Waals surface area contributed by atoms with Gasteiger partial charge in [0.05, 0.1) is 25.0 Å². The second kappa shape index (κ2) is 5.91. The number of methoxy groups -OCH3 is 1. The highest BCUT2D eigenvalue weighted by molar-refractivity contribution is 6.76. The van der Waals surface area contributed by atoms with E-state index in [1.54, 1.807) is 18.2 Å². The molecular formula is C13H21NO3Si. The fourth-order valence-electron chi connectivity index (χ4n) is 1.37. The number of ether oxygens (including phenoxy) is 2. The minimum absolute atomic E-state index is 0.327. The Kier molecular flexibility index (Phi) is 4.78. The van der Waals surface area contributed by atoms with Crippen molar-refractivity contribution in [2.75, 3.05) is 19.5 Å². The van der Waals surface area contributed by atoms with Crippen LogP contribution in [0.4, 0.5) is 5.69 Å². The van der Waals surface area contributed by atoms with Crippen molar-refractivity contribution in [1.29, 1.82) is 0 Å². The van der Waals surface area contributed by atoms with Crippen molar-refractivity contribution >= 4 is 19.7 Å². The lowest BCUT2D eigenvalue weighted by Gasteiger charge is -2.15. The zero-order valence-corrected chi connectivity index (χ0v) is 12.4. The van der Waals surface area contributed by atoms with Crippen molar-refractivity contribution in [3.63, 3.8) is 0 Å². The predicted molar refractivity (Wildman–Crippen MR) is 75.8 cm³/mol. The molecule has 0 atom stereocenters. The summed E-state index contributed by atoms with van der Waals surface area (Å²) in [5.41, 5.74) is 6.67. The number of hydrogen-bond acceptors (Lipinski definition) is 4. The second-order valence-electron chi connectivity index (χ2n) is 5.40. The molecule has 0 fully saturated rings. The van der Waals surface area contributed by atoms with Crippen LogP contribution in [-0.4, -0.2) is 27.8 Å². The van der Waals surface area contributed by atoms with E-state index in [4.69, 9.17) is 15.2 Å². The first kappa shape index (κ1) is 14.6. The van der Waals surface area contributed by atoms with Gasteiger partial charge in [-0.2, -0.15) is 0 Å². The molecule has 1 aromatic rings. The molecule has 0 saturated heterocycles. The molecule has 0 aliphatic heterocycles. The summed E-state index contributed by atoms with van der Waals surface area (Å²) in [6.45, 7) is 7.20. The molecule has 1 aromatic carbocycles. The van der Waals surface area contributed by atoms with Crippen molar-refractivity contribution in [2.24, 2.45) is 0 Å². The molecule has 0 unspecified atom stereocenters. The van der Waals surface area contributed by atoms with Crippen LogP contribution in [0.25, 0.3) is 0 Å². The summed E-state index contributed by atoms with van der Waals surface area (Å²) in [5.74, 6) is 0.168. The molecule has 0 heterocycles. The van der Waals surface area contributed by atoms with Crippen molar-refractivity contribution in [3.05, 3.63) is 23.8 Å². The van der Waals surface area contributed by atoms with Crippen LogP contribution < -0.4 is 10.5 Å². The van der Waals surface area contributed by atoms with Gasteiger partial charge in [-0.3, -0.25) is 0 Å². The van der Waals surface area contributed by atoms with Gasteiger partial charge < -0.3 is 15.2 Å². The smallest absolute Gasteiger partial charge is 0.338 e. The number of anilines is 1. The largest absolute Gasteiger partial charge is 0.495 e. The maximum Gasteiger partial charge on any atom is 0.338 e. The van der Waals surface area contributed by atoms with E-state index in [9.17, 15) is 4.79 Å². The molecule has 0 aromatic heterocycles. The molecule has 0 saturated carbocycles. The lowest BCUT2D eigenvalue weighted by molar-refractivity contribution is 0.0525. The molecule has 5 heteroatoms. The number of esters is 1. The molecule has 0 aliphatic rings. The van der Waals surface area contributed by atoms with Crippen LogP contribution in [0, 0.1) is 0 Å². The third-order valence-corrected chi connectivity index (χ3v) is 4.26. The number of hydrogen-bond donors (Lipinski definition) is 1. The van der Waals surface area contributed by atoms with E-state index < -0.39 is 8.07 Å². The third-order valence-electron chi connectivity index (χ3n) is 2.55. The molecule has 0 spiro atoms. The summed E-state index contributed by atoms with van der Waals surface area (Å²) in [6.07, 6.45) is 0. The predicted octanol–water partition coefficient (Wildman–Crippen LogP) is 2.77. The second-order valence-corrected chi connectivity index (χ2v) is 11.0. The fraction of sp³-hybridized carbons (Fsp3) is 0.462. The molecule has 1 rings (SSSR count). The monoisotopic (exact) mass is 267 g/mol. The number of carbonyl (C=O) groups excluding carboxylic acids is 1. The van der Waals surface area contributed by atoms with E-state index >= 15 is 0 Å². The fourth-order valence-corrected chi connectivity index (χ4v) is 2.09. The summed E-state index contributed by atoms with van der Waals surface area (Å²) in [7, 11) is 0.346. The zero-order chi connectivity index (χ0) is 13.8. The van der Waals surface area contributed by atoms with Gasteiger partial charge in [-0.25, -0.2) is 4.79 Å². The molecule has 18 heavy (non-hydrogen) atoms. The summed E-state index contributed by atoms with van der Waals surface area (Å²) >= 11 is 0. The van der Waals surface area contributed by atoms with Crippen LogP contribution in [0.1, 0.15) is 10.4 Å². The van der Waals surface area contributed by atoms with E-state index in [0.29, 0.717) is 23.6 Å². The van der Waals surface area contributed by atoms with Gasteiger partial charge in [0.1, 0.15) is 5.75 Å². The highest BCUT2D eigenvalue weighted by Gasteiger charge is 2.15. The van der Waals surface area contributed by atoms with Gasteiger partial charge >= 0.3 is 5.97 Å². The summed E-state index contributed by atoms with van der Waals surface area (Å²) in [5, 5.41) is 0. The van der Waals surface area contributed by atoms with Gasteiger partial charge in [0.2, 0.25) is 0 Å². The summed E-state index contributed by atoms with van der Waals surface area (Å²) < 4.78 is 10.3. The maximum atomic E-state index is 11.8. The van der Waals surface area contributed by atoms with Gasteiger partial charge in [-0.1, -0.05) is 19.6 Å². The standard InChI is InChI=1S/C13H21NO3Si/c1-16-12-9-10(5-6-11(12)14)13(15)17-7-8-18(2,3)4/h5-6,9H,7-8,14H2,1-4H3. The average Bonchev–Trinajstić information content (AvgIpc) is 2.27. The number of nitrogens with two attached hydrogens (primary N) is 1. The quantitative estimate of drug-likeness (QED) is 0.506. The van der Waals surface area contributed by atoms with E-state index in [1.807, 2.05) is 0 Å². The Morgan fingerprint density at radius 2 is 2.00 bits per heavy atom. The van der Waals surface area contributed by atoms with Crippen molar-refractivity contribution in [2.45, 2.75) is 25.7 Å². The number of nitrogen functional groups attached to an aromatic ring is 1. The first-order chi connectivity index (χ1) is 8.33. The Bertz CT molecular complexity index is 427. The molecule has 100 valence electrons. The molecule has 0 bridgehead atoms. The minimum Gasteiger partial charge on any atom is -0.495 e. The maximum absolute atomic E-state index is 11.8. The van der Waals surface area contributed by atoms with E-state index in [0.717, 1.165) is 6.04 Å². The Hall–Kier alpha value is -1.49. The van der Waals surface area contributed by atoms with Crippen molar-refractivity contribution in [3.8, 4) is 5.75 Å². The van der Waals surface area contributed by atoms with Crippen LogP contribution in [-0.2, 0) is 4.74 Å². The van der Waals surface area contributed by atoms with Crippen molar-refractivity contribution in [1.82, 2.24) is 0 Å². The van der Waals surface area contributed by atoms with Crippen LogP contribution in [0.2, 0.25) is 25.7 Å². The topological polar surface area (TPSA) is 61.5 Å². The van der Waals surface area contributed by atoms with E-state index in [2.05, 4.69) is 19.6 Å². The van der Waals surface area contributed by atoms with Crippen LogP contribution in [0.15, 0.2) is 18.2 Å². The van der Waals surface area contributed by atoms with Crippen LogP contribution in [0.5, 0.6) is 5.75 Å². The Balaban J connectivity index is 2.62. The summed E-state index contributed by atoms with van der Waals surface area (Å²) in [4.78, 5) is 11.8. The molecule has 2 N–H and O–H groups in total. The Morgan fingerprint density at radius 1 is 1.33 bits per heavy atom. The average molecular weight is 267 g/mol. The normalized spacial score (nSPS) is 11.1. The lowest BCUT2D eigenvalue weighted by Crippen LogP contribution is -2.22. The molecule has 0 radical (unpaired) electrons. The third kappa shape index (κ3) is 4.41. The van der Waals surface area contributed by atoms with Gasteiger partial charge in [0.15, 0.2) is 0 Å². The first-order valence-corrected chi connectivity index (χ1v) is 9.65. The Labute approximate surface area is 109 Å². The Morgan fingerprint density at radius 3 is 2.56 bits per heavy atom. The lowest BCUT2D eigenvalue weighted by atomic mass is 10.2. The van der Waals surface area contributed by atoms with E-state index in [-0.39, 0.29) is 5.97 Å². The first-order valence-electron chi connectivity index (χ1n) is 5.94. The number of benzene rings is 1. The summed E-state index contributed by atoms with van der Waals surface area (Å²) in [6, 6.07) is 5.86. The highest BCUT2D eigenvalue weighted by Crippen LogP contribution is 2.22. The van der Waals surface area contributed by atoms with Gasteiger partial charge in [-0.05, 0) is 24.2 Å². The van der Waals surface area contributed by atoms with Gasteiger partial charge in [0, 0.05) is 8.07 Å². The molecular weight excluding hydrogens is 246 g/mol. The van der Waals surface area contributed by atoms with Crippen molar-refractivity contribution < 1.29 is 14.3 Å². The van der Waals surface area contributed by atoms with E-state index in [1.165, 1.54) is 7.11 Å². The molecule has 4 nitrogen and oxygen atoms in total. The van der Waals surface area contributed by atoms with Gasteiger partial charge in [-0.15, -0.1) is 0 Å². The zero-order valence-electron chi connectivity index (χ0n) is 11.4. The SMILES string of the molecule is COc1cc(C(=O)OCC[Si](C)(C)C)ccc1N. The van der Waals surface area contributed by atoms with Crippen LogP contribution in [0.3, 0.4) is 0 Å². The molecule has 0 amide bonds. The van der Waals surface area contributed by atoms with Crippen LogP contribution >= 0.6 is 0 Å². The minimum atomic E-state index is -1.17.